The smallest absolute Gasteiger partial charge is 0.191 e. The van der Waals surface area contributed by atoms with Gasteiger partial charge in [0.05, 0.1) is 19.3 Å². The number of methoxy groups -OCH3 is 1. The molecular formula is C20H20ClN3O3S. The van der Waals surface area contributed by atoms with Crippen molar-refractivity contribution < 1.29 is 14.2 Å². The van der Waals surface area contributed by atoms with Crippen LogP contribution in [0, 0.1) is 0 Å². The van der Waals surface area contributed by atoms with Crippen LogP contribution < -0.4 is 9.47 Å². The number of hydrogen-bond acceptors (Lipinski definition) is 6. The molecule has 0 fully saturated rings. The van der Waals surface area contributed by atoms with Gasteiger partial charge in [0.25, 0.3) is 0 Å². The lowest BCUT2D eigenvalue weighted by molar-refractivity contribution is -0.0168. The van der Waals surface area contributed by atoms with Crippen molar-refractivity contribution in [3.8, 4) is 22.9 Å². The van der Waals surface area contributed by atoms with Gasteiger partial charge in [0.15, 0.2) is 17.8 Å². The van der Waals surface area contributed by atoms with E-state index in [1.54, 1.807) is 18.9 Å². The largest absolute Gasteiger partial charge is 0.496 e. The molecule has 0 bridgehead atoms. The molecule has 1 aromatic heterocycles. The van der Waals surface area contributed by atoms with Crippen LogP contribution in [0.1, 0.15) is 18.1 Å². The summed E-state index contributed by atoms with van der Waals surface area (Å²) < 4.78 is 18.6. The molecule has 28 heavy (non-hydrogen) atoms. The summed E-state index contributed by atoms with van der Waals surface area (Å²) in [6.45, 7) is 3.60. The fraction of sp³-hybridized carbons (Fsp3) is 0.300. The van der Waals surface area contributed by atoms with E-state index in [0.29, 0.717) is 17.4 Å². The summed E-state index contributed by atoms with van der Waals surface area (Å²) >= 11 is 7.88. The molecule has 1 aliphatic heterocycles. The van der Waals surface area contributed by atoms with Gasteiger partial charge in [-0.3, -0.25) is 0 Å². The van der Waals surface area contributed by atoms with E-state index in [1.165, 1.54) is 0 Å². The van der Waals surface area contributed by atoms with Gasteiger partial charge in [0, 0.05) is 28.4 Å². The van der Waals surface area contributed by atoms with Crippen LogP contribution in [0.4, 0.5) is 0 Å². The Bertz CT molecular complexity index is 993. The van der Waals surface area contributed by atoms with E-state index < -0.39 is 0 Å². The van der Waals surface area contributed by atoms with Crippen molar-refractivity contribution in [1.82, 2.24) is 14.8 Å². The Morgan fingerprint density at radius 3 is 2.93 bits per heavy atom. The minimum atomic E-state index is 0.259. The van der Waals surface area contributed by atoms with E-state index in [-0.39, 0.29) is 6.79 Å². The van der Waals surface area contributed by atoms with E-state index in [4.69, 9.17) is 25.8 Å². The van der Waals surface area contributed by atoms with Gasteiger partial charge in [-0.1, -0.05) is 35.5 Å². The van der Waals surface area contributed by atoms with Gasteiger partial charge in [0.2, 0.25) is 0 Å². The third-order valence-corrected chi connectivity index (χ3v) is 5.72. The quantitative estimate of drug-likeness (QED) is 0.537. The Morgan fingerprint density at radius 1 is 1.25 bits per heavy atom. The highest BCUT2D eigenvalue weighted by Crippen LogP contribution is 2.36. The molecule has 4 rings (SSSR count). The minimum absolute atomic E-state index is 0.259. The first-order valence-electron chi connectivity index (χ1n) is 8.92. The summed E-state index contributed by atoms with van der Waals surface area (Å²) in [6, 6.07) is 11.7. The number of aromatic nitrogens is 3. The number of benzene rings is 2. The highest BCUT2D eigenvalue weighted by molar-refractivity contribution is 7.98. The van der Waals surface area contributed by atoms with E-state index in [2.05, 4.69) is 21.7 Å². The van der Waals surface area contributed by atoms with E-state index in [1.807, 2.05) is 36.4 Å². The van der Waals surface area contributed by atoms with Crippen molar-refractivity contribution in [3.63, 3.8) is 0 Å². The Kier molecular flexibility index (Phi) is 5.75. The Hall–Kier alpha value is -2.22. The molecule has 8 heteroatoms. The number of hydrogen-bond donors (Lipinski definition) is 0. The number of rotatable bonds is 6. The van der Waals surface area contributed by atoms with Gasteiger partial charge in [-0.2, -0.15) is 0 Å². The fourth-order valence-electron chi connectivity index (χ4n) is 3.22. The first-order valence-corrected chi connectivity index (χ1v) is 10.3. The van der Waals surface area contributed by atoms with Crippen LogP contribution in [-0.4, -0.2) is 28.7 Å². The maximum Gasteiger partial charge on any atom is 0.191 e. The lowest BCUT2D eigenvalue weighted by Crippen LogP contribution is -2.13. The van der Waals surface area contributed by atoms with Crippen molar-refractivity contribution in [2.75, 3.05) is 13.9 Å². The SMILES string of the molecule is CCn1c(SCc2cc(Cl)cc3c2OCOC3)nnc1-c1ccccc1OC. The van der Waals surface area contributed by atoms with Gasteiger partial charge in [-0.25, -0.2) is 0 Å². The zero-order chi connectivity index (χ0) is 19.5. The second-order valence-corrected chi connectivity index (χ2v) is 7.58. The minimum Gasteiger partial charge on any atom is -0.496 e. The van der Waals surface area contributed by atoms with Gasteiger partial charge in [-0.15, -0.1) is 10.2 Å². The molecule has 6 nitrogen and oxygen atoms in total. The lowest BCUT2D eigenvalue weighted by Gasteiger charge is -2.21. The first kappa shape index (κ1) is 19.1. The van der Waals surface area contributed by atoms with Gasteiger partial charge in [0.1, 0.15) is 11.5 Å². The normalized spacial score (nSPS) is 13.1. The van der Waals surface area contributed by atoms with Gasteiger partial charge < -0.3 is 18.8 Å². The number of para-hydroxylation sites is 1. The number of thioether (sulfide) groups is 1. The summed E-state index contributed by atoms with van der Waals surface area (Å²) in [5, 5.41) is 10.3. The molecule has 0 unspecified atom stereocenters. The average Bonchev–Trinajstić information content (AvgIpc) is 3.14. The Morgan fingerprint density at radius 2 is 2.11 bits per heavy atom. The lowest BCUT2D eigenvalue weighted by atomic mass is 10.1. The molecule has 0 saturated carbocycles. The van der Waals surface area contributed by atoms with Crippen molar-refractivity contribution in [3.05, 3.63) is 52.5 Å². The monoisotopic (exact) mass is 417 g/mol. The molecule has 146 valence electrons. The van der Waals surface area contributed by atoms with Crippen LogP contribution in [0.3, 0.4) is 0 Å². The maximum atomic E-state index is 6.27. The number of ether oxygens (including phenoxy) is 3. The van der Waals surface area contributed by atoms with Crippen molar-refractivity contribution >= 4 is 23.4 Å². The summed E-state index contributed by atoms with van der Waals surface area (Å²) in [4.78, 5) is 0. The predicted molar refractivity (Wildman–Crippen MR) is 109 cm³/mol. The highest BCUT2D eigenvalue weighted by Gasteiger charge is 2.19. The summed E-state index contributed by atoms with van der Waals surface area (Å²) in [6.07, 6.45) is 0. The molecule has 3 aromatic rings. The Labute approximate surface area is 172 Å². The van der Waals surface area contributed by atoms with Gasteiger partial charge in [-0.05, 0) is 31.2 Å². The van der Waals surface area contributed by atoms with E-state index >= 15 is 0 Å². The summed E-state index contributed by atoms with van der Waals surface area (Å²) in [5.74, 6) is 3.10. The summed E-state index contributed by atoms with van der Waals surface area (Å²) in [7, 11) is 1.66. The van der Waals surface area contributed by atoms with Crippen LogP contribution in [0.2, 0.25) is 5.02 Å². The summed E-state index contributed by atoms with van der Waals surface area (Å²) in [5.41, 5.74) is 2.92. The van der Waals surface area contributed by atoms with Crippen molar-refractivity contribution in [1.29, 1.82) is 0 Å². The topological polar surface area (TPSA) is 58.4 Å². The molecule has 0 spiro atoms. The molecule has 0 amide bonds. The second kappa shape index (κ2) is 8.43. The predicted octanol–water partition coefficient (Wildman–Crippen LogP) is 4.79. The van der Waals surface area contributed by atoms with Gasteiger partial charge >= 0.3 is 0 Å². The number of nitrogens with zero attached hydrogens (tertiary/aromatic N) is 3. The van der Waals surface area contributed by atoms with E-state index in [0.717, 1.165) is 45.7 Å². The van der Waals surface area contributed by atoms with Crippen LogP contribution >= 0.6 is 23.4 Å². The third kappa shape index (κ3) is 3.70. The van der Waals surface area contributed by atoms with Crippen molar-refractivity contribution in [2.45, 2.75) is 31.0 Å². The van der Waals surface area contributed by atoms with Crippen molar-refractivity contribution in [2.24, 2.45) is 0 Å². The van der Waals surface area contributed by atoms with Crippen LogP contribution in [0.15, 0.2) is 41.6 Å². The first-order chi connectivity index (χ1) is 13.7. The zero-order valence-electron chi connectivity index (χ0n) is 15.6. The second-order valence-electron chi connectivity index (χ2n) is 6.20. The molecule has 2 aromatic carbocycles. The molecular weight excluding hydrogens is 398 g/mol. The van der Waals surface area contributed by atoms with E-state index in [9.17, 15) is 0 Å². The molecule has 0 aliphatic carbocycles. The fourth-order valence-corrected chi connectivity index (χ4v) is 4.45. The molecule has 1 aliphatic rings. The molecule has 0 N–H and O–H groups in total. The number of fused-ring (bicyclic) bond motifs is 1. The molecule has 0 radical (unpaired) electrons. The molecule has 0 saturated heterocycles. The molecule has 0 atom stereocenters. The third-order valence-electron chi connectivity index (χ3n) is 4.49. The van der Waals surface area contributed by atoms with Crippen LogP contribution in [-0.2, 0) is 23.6 Å². The highest BCUT2D eigenvalue weighted by atomic mass is 35.5. The Balaban J connectivity index is 1.62. The van der Waals surface area contributed by atoms with Crippen LogP contribution in [0.5, 0.6) is 11.5 Å². The standard InChI is InChI=1S/C20H20ClN3O3S/c1-3-24-19(16-6-4-5-7-17(16)25-2)22-23-20(24)28-11-14-9-15(21)8-13-10-26-12-27-18(13)14/h4-9H,3,10-12H2,1-2H3. The average molecular weight is 418 g/mol. The maximum absolute atomic E-state index is 6.27. The van der Waals surface area contributed by atoms with Crippen LogP contribution in [0.25, 0.3) is 11.4 Å². The molecule has 2 heterocycles. The number of halogens is 1. The zero-order valence-corrected chi connectivity index (χ0v) is 17.2.